The first kappa shape index (κ1) is 24.4. The molecule has 0 aromatic heterocycles. The molecule has 7 nitrogen and oxygen atoms in total. The molecule has 0 heterocycles. The lowest BCUT2D eigenvalue weighted by Gasteiger charge is -2.15. The van der Waals surface area contributed by atoms with Gasteiger partial charge in [-0.3, -0.25) is 4.79 Å². The van der Waals surface area contributed by atoms with Crippen LogP contribution in [0.1, 0.15) is 36.8 Å². The number of carbonyl (C=O) groups excluding carboxylic acids is 2. The van der Waals surface area contributed by atoms with Crippen LogP contribution in [0.5, 0.6) is 0 Å². The van der Waals surface area contributed by atoms with Crippen molar-refractivity contribution in [1.29, 1.82) is 0 Å². The minimum absolute atomic E-state index is 0.218. The number of benzene rings is 2. The molecule has 0 fully saturated rings. The van der Waals surface area contributed by atoms with Crippen molar-refractivity contribution in [3.8, 4) is 0 Å². The summed E-state index contributed by atoms with van der Waals surface area (Å²) in [5.74, 6) is -1.36. The van der Waals surface area contributed by atoms with Crippen LogP contribution in [0.25, 0.3) is 0 Å². The van der Waals surface area contributed by atoms with E-state index in [1.54, 1.807) is 0 Å². The Morgan fingerprint density at radius 2 is 1.71 bits per heavy atom. The minimum Gasteiger partial charge on any atom is -0.480 e. The summed E-state index contributed by atoms with van der Waals surface area (Å²) in [6.07, 6.45) is 2.02. The fraction of sp³-hybridized carbons (Fsp3) is 0.348. The molecule has 0 unspecified atom stereocenters. The SMILES string of the molecule is O=C(CCCCCNC(=O)OCc1ccccc1)N[C@H](Cc1cccc(Br)c1)C(=O)O. The molecule has 0 aliphatic heterocycles. The number of ether oxygens (including phenoxy) is 1. The number of carbonyl (C=O) groups is 3. The van der Waals surface area contributed by atoms with Crippen LogP contribution in [-0.4, -0.2) is 35.7 Å². The second kappa shape index (κ2) is 13.4. The first-order chi connectivity index (χ1) is 14.9. The Morgan fingerprint density at radius 3 is 2.42 bits per heavy atom. The lowest BCUT2D eigenvalue weighted by atomic mass is 10.1. The number of nitrogens with one attached hydrogen (secondary N) is 2. The third-order valence-corrected chi connectivity index (χ3v) is 5.02. The van der Waals surface area contributed by atoms with Gasteiger partial charge in [-0.15, -0.1) is 0 Å². The van der Waals surface area contributed by atoms with Crippen molar-refractivity contribution in [3.63, 3.8) is 0 Å². The Hall–Kier alpha value is -2.87. The van der Waals surface area contributed by atoms with E-state index in [1.165, 1.54) is 0 Å². The van der Waals surface area contributed by atoms with Crippen molar-refractivity contribution in [2.45, 2.75) is 44.8 Å². The number of carboxylic acids is 1. The maximum atomic E-state index is 12.1. The number of hydrogen-bond donors (Lipinski definition) is 3. The number of hydrogen-bond acceptors (Lipinski definition) is 4. The van der Waals surface area contributed by atoms with E-state index >= 15 is 0 Å². The van der Waals surface area contributed by atoms with Crippen LogP contribution in [0.2, 0.25) is 0 Å². The van der Waals surface area contributed by atoms with Gasteiger partial charge in [-0.2, -0.15) is 0 Å². The van der Waals surface area contributed by atoms with Crippen LogP contribution in [0.3, 0.4) is 0 Å². The van der Waals surface area contributed by atoms with E-state index in [9.17, 15) is 19.5 Å². The van der Waals surface area contributed by atoms with Crippen LogP contribution in [0.15, 0.2) is 59.1 Å². The van der Waals surface area contributed by atoms with Gasteiger partial charge in [-0.05, 0) is 36.1 Å². The molecule has 2 amide bonds. The quantitative estimate of drug-likeness (QED) is 0.389. The second-order valence-corrected chi connectivity index (χ2v) is 8.01. The van der Waals surface area contributed by atoms with Crippen LogP contribution < -0.4 is 10.6 Å². The highest BCUT2D eigenvalue weighted by Crippen LogP contribution is 2.13. The van der Waals surface area contributed by atoms with Crippen molar-refractivity contribution >= 4 is 33.9 Å². The summed E-state index contributed by atoms with van der Waals surface area (Å²) in [7, 11) is 0. The molecule has 31 heavy (non-hydrogen) atoms. The van der Waals surface area contributed by atoms with Crippen molar-refractivity contribution in [2.75, 3.05) is 6.54 Å². The summed E-state index contributed by atoms with van der Waals surface area (Å²) in [6, 6.07) is 15.8. The number of halogens is 1. The van der Waals surface area contributed by atoms with E-state index in [-0.39, 0.29) is 25.4 Å². The number of rotatable bonds is 12. The normalized spacial score (nSPS) is 11.4. The molecule has 0 spiro atoms. The first-order valence-electron chi connectivity index (χ1n) is 10.1. The van der Waals surface area contributed by atoms with E-state index in [0.717, 1.165) is 22.0 Å². The zero-order valence-corrected chi connectivity index (χ0v) is 18.8. The van der Waals surface area contributed by atoms with Crippen LogP contribution in [0.4, 0.5) is 4.79 Å². The maximum Gasteiger partial charge on any atom is 0.407 e. The van der Waals surface area contributed by atoms with E-state index in [2.05, 4.69) is 26.6 Å². The summed E-state index contributed by atoms with van der Waals surface area (Å²) in [5, 5.41) is 14.6. The monoisotopic (exact) mass is 490 g/mol. The Labute approximate surface area is 190 Å². The molecular weight excluding hydrogens is 464 g/mol. The van der Waals surface area contributed by atoms with Gasteiger partial charge in [0.2, 0.25) is 5.91 Å². The van der Waals surface area contributed by atoms with Gasteiger partial charge in [0.1, 0.15) is 12.6 Å². The summed E-state index contributed by atoms with van der Waals surface area (Å²) < 4.78 is 5.98. The van der Waals surface area contributed by atoms with Crippen molar-refractivity contribution in [3.05, 3.63) is 70.2 Å². The zero-order valence-electron chi connectivity index (χ0n) is 17.2. The Morgan fingerprint density at radius 1 is 0.968 bits per heavy atom. The second-order valence-electron chi connectivity index (χ2n) is 7.09. The Bertz CT molecular complexity index is 860. The predicted octanol–water partition coefficient (Wildman–Crippen LogP) is 4.05. The number of amides is 2. The molecule has 1 atom stereocenters. The molecule has 0 saturated heterocycles. The largest absolute Gasteiger partial charge is 0.480 e. The lowest BCUT2D eigenvalue weighted by molar-refractivity contribution is -0.141. The number of carboxylic acid groups (broad SMARTS) is 1. The summed E-state index contributed by atoms with van der Waals surface area (Å²) in [4.78, 5) is 35.2. The molecule has 0 bridgehead atoms. The Balaban J connectivity index is 1.58. The molecular formula is C23H27BrN2O5. The van der Waals surface area contributed by atoms with E-state index < -0.39 is 18.1 Å². The molecule has 2 aromatic rings. The van der Waals surface area contributed by atoms with Crippen molar-refractivity contribution in [1.82, 2.24) is 10.6 Å². The highest BCUT2D eigenvalue weighted by molar-refractivity contribution is 9.10. The minimum atomic E-state index is -1.06. The highest BCUT2D eigenvalue weighted by Gasteiger charge is 2.20. The predicted molar refractivity (Wildman–Crippen MR) is 121 cm³/mol. The molecule has 3 N–H and O–H groups in total. The van der Waals surface area contributed by atoms with Gasteiger partial charge < -0.3 is 20.5 Å². The lowest BCUT2D eigenvalue weighted by Crippen LogP contribution is -2.42. The van der Waals surface area contributed by atoms with Gasteiger partial charge >= 0.3 is 12.1 Å². The summed E-state index contributed by atoms with van der Waals surface area (Å²) >= 11 is 3.35. The van der Waals surface area contributed by atoms with Gasteiger partial charge in [0, 0.05) is 23.9 Å². The van der Waals surface area contributed by atoms with Crippen LogP contribution >= 0.6 is 15.9 Å². The summed E-state index contributed by atoms with van der Waals surface area (Å²) in [6.45, 7) is 0.674. The molecule has 166 valence electrons. The molecule has 2 aromatic carbocycles. The fourth-order valence-corrected chi connectivity index (χ4v) is 3.36. The van der Waals surface area contributed by atoms with Gasteiger partial charge in [0.05, 0.1) is 0 Å². The Kier molecular flexibility index (Phi) is 10.6. The third kappa shape index (κ3) is 10.1. The standard InChI is InChI=1S/C23H27BrN2O5/c24-19-11-7-10-18(14-19)15-20(22(28)29)26-21(27)12-5-2-6-13-25-23(30)31-16-17-8-3-1-4-9-17/h1,3-4,7-11,14,20H,2,5-6,12-13,15-16H2,(H,25,30)(H,26,27)(H,28,29)/t20-/m1/s1. The van der Waals surface area contributed by atoms with E-state index in [0.29, 0.717) is 19.4 Å². The molecule has 2 rings (SSSR count). The molecule has 0 radical (unpaired) electrons. The van der Waals surface area contributed by atoms with Gasteiger partial charge in [0.15, 0.2) is 0 Å². The van der Waals surface area contributed by atoms with Crippen molar-refractivity contribution < 1.29 is 24.2 Å². The maximum absolute atomic E-state index is 12.1. The van der Waals surface area contributed by atoms with Crippen LogP contribution in [0, 0.1) is 0 Å². The number of unbranched alkanes of at least 4 members (excludes halogenated alkanes) is 2. The average Bonchev–Trinajstić information content (AvgIpc) is 2.75. The molecule has 8 heteroatoms. The van der Waals surface area contributed by atoms with Gasteiger partial charge in [-0.1, -0.05) is 64.8 Å². The third-order valence-electron chi connectivity index (χ3n) is 4.52. The first-order valence-corrected chi connectivity index (χ1v) is 10.9. The number of alkyl carbamates (subject to hydrolysis) is 1. The van der Waals surface area contributed by atoms with Crippen LogP contribution in [-0.2, 0) is 27.4 Å². The average molecular weight is 491 g/mol. The van der Waals surface area contributed by atoms with Gasteiger partial charge in [0.25, 0.3) is 0 Å². The molecule has 0 aliphatic carbocycles. The zero-order chi connectivity index (χ0) is 22.5. The fourth-order valence-electron chi connectivity index (χ4n) is 2.92. The highest BCUT2D eigenvalue weighted by atomic mass is 79.9. The molecule has 0 saturated carbocycles. The smallest absolute Gasteiger partial charge is 0.407 e. The van der Waals surface area contributed by atoms with Gasteiger partial charge in [-0.25, -0.2) is 9.59 Å². The molecule has 0 aliphatic rings. The topological polar surface area (TPSA) is 105 Å². The summed E-state index contributed by atoms with van der Waals surface area (Å²) in [5.41, 5.74) is 1.75. The van der Waals surface area contributed by atoms with E-state index in [4.69, 9.17) is 4.74 Å². The van der Waals surface area contributed by atoms with E-state index in [1.807, 2.05) is 54.6 Å². The van der Waals surface area contributed by atoms with Crippen molar-refractivity contribution in [2.24, 2.45) is 0 Å². The number of aliphatic carboxylic acids is 1.